The molecule has 0 bridgehead atoms. The van der Waals surface area contributed by atoms with Crippen LogP contribution in [0.3, 0.4) is 0 Å². The van der Waals surface area contributed by atoms with E-state index in [1.165, 1.54) is 6.07 Å². The van der Waals surface area contributed by atoms with Crippen LogP contribution in [0.2, 0.25) is 5.02 Å². The number of carbonyl (C=O) groups excluding carboxylic acids is 2. The highest BCUT2D eigenvalue weighted by atomic mass is 35.5. The fourth-order valence-corrected chi connectivity index (χ4v) is 2.82. The summed E-state index contributed by atoms with van der Waals surface area (Å²) in [6.07, 6.45) is 1.01. The molecule has 1 heterocycles. The zero-order valence-corrected chi connectivity index (χ0v) is 15.0. The summed E-state index contributed by atoms with van der Waals surface area (Å²) in [5, 5.41) is 24.2. The maximum Gasteiger partial charge on any atom is 0.282 e. The van der Waals surface area contributed by atoms with E-state index in [0.717, 1.165) is 28.3 Å². The molecule has 1 N–H and O–H groups in total. The molecule has 2 aromatic carbocycles. The second-order valence-corrected chi connectivity index (χ2v) is 6.44. The minimum Gasteiger partial charge on any atom is -0.867 e. The van der Waals surface area contributed by atoms with E-state index in [2.05, 4.69) is 5.43 Å². The Morgan fingerprint density at radius 1 is 1.15 bits per heavy atom. The zero-order valence-electron chi connectivity index (χ0n) is 14.3. The van der Waals surface area contributed by atoms with Crippen LogP contribution in [0.1, 0.15) is 16.7 Å². The second-order valence-electron chi connectivity index (χ2n) is 6.01. The molecule has 138 valence electrons. The molecule has 0 saturated carbocycles. The van der Waals surface area contributed by atoms with Crippen molar-refractivity contribution in [1.29, 1.82) is 0 Å². The largest absolute Gasteiger partial charge is 0.867 e. The normalized spacial score (nSPS) is 15.4. The van der Waals surface area contributed by atoms with E-state index in [9.17, 15) is 24.8 Å². The summed E-state index contributed by atoms with van der Waals surface area (Å²) >= 11 is 5.81. The number of halogens is 1. The third-order valence-electron chi connectivity index (χ3n) is 4.20. The lowest BCUT2D eigenvalue weighted by Crippen LogP contribution is -2.35. The smallest absolute Gasteiger partial charge is 0.282 e. The van der Waals surface area contributed by atoms with Gasteiger partial charge >= 0.3 is 0 Å². The van der Waals surface area contributed by atoms with Crippen molar-refractivity contribution >= 4 is 40.9 Å². The van der Waals surface area contributed by atoms with Gasteiger partial charge in [0, 0.05) is 11.1 Å². The number of amides is 2. The number of nitro groups is 1. The van der Waals surface area contributed by atoms with Crippen molar-refractivity contribution in [3.63, 3.8) is 0 Å². The summed E-state index contributed by atoms with van der Waals surface area (Å²) in [5.74, 6) is -2.33. The minimum absolute atomic E-state index is 0.0509. The van der Waals surface area contributed by atoms with E-state index < -0.39 is 28.2 Å². The molecule has 1 aliphatic heterocycles. The number of hydrazine groups is 1. The monoisotopic (exact) mass is 386 g/mol. The lowest BCUT2D eigenvalue weighted by atomic mass is 10.1. The fraction of sp³-hybridized carbons (Fsp3) is 0.111. The van der Waals surface area contributed by atoms with Crippen LogP contribution in [0.5, 0.6) is 5.75 Å². The van der Waals surface area contributed by atoms with Crippen LogP contribution in [-0.4, -0.2) is 16.7 Å². The molecule has 0 spiro atoms. The molecule has 8 nitrogen and oxygen atoms in total. The van der Waals surface area contributed by atoms with Crippen molar-refractivity contribution in [3.05, 3.63) is 67.7 Å². The Bertz CT molecular complexity index is 1030. The molecule has 2 amide bonds. The maximum atomic E-state index is 12.6. The third-order valence-corrected chi connectivity index (χ3v) is 4.42. The molecule has 0 radical (unpaired) electrons. The number of aryl methyl sites for hydroxylation is 2. The summed E-state index contributed by atoms with van der Waals surface area (Å²) in [4.78, 5) is 35.0. The average Bonchev–Trinajstić information content (AvgIpc) is 2.88. The van der Waals surface area contributed by atoms with Gasteiger partial charge in [-0.3, -0.25) is 25.1 Å². The maximum absolute atomic E-state index is 12.6. The number of hydrogen-bond acceptors (Lipinski definition) is 5. The number of nitrogens with zero attached hydrogens (tertiary/aromatic N) is 2. The lowest BCUT2D eigenvalue weighted by molar-refractivity contribution is -0.398. The molecule has 3 rings (SSSR count). The summed E-state index contributed by atoms with van der Waals surface area (Å²) < 4.78 is 0. The highest BCUT2D eigenvalue weighted by Gasteiger charge is 2.34. The van der Waals surface area contributed by atoms with Gasteiger partial charge < -0.3 is 5.11 Å². The Morgan fingerprint density at radius 3 is 2.48 bits per heavy atom. The summed E-state index contributed by atoms with van der Waals surface area (Å²) in [5.41, 5.74) is 3.57. The van der Waals surface area contributed by atoms with Crippen LogP contribution in [0.15, 0.2) is 35.9 Å². The Kier molecular flexibility index (Phi) is 4.59. The minimum atomic E-state index is -0.929. The third kappa shape index (κ3) is 3.34. The Hall–Kier alpha value is -3.39. The predicted octanol–water partition coefficient (Wildman–Crippen LogP) is 2.40. The number of anilines is 1. The molecule has 1 fully saturated rings. The van der Waals surface area contributed by atoms with Gasteiger partial charge in [-0.2, -0.15) is 0 Å². The van der Waals surface area contributed by atoms with Gasteiger partial charge in [-0.05, 0) is 60.6 Å². The number of benzene rings is 2. The first-order valence-corrected chi connectivity index (χ1v) is 8.16. The van der Waals surface area contributed by atoms with Gasteiger partial charge in [-0.1, -0.05) is 17.7 Å². The standard InChI is InChI=1S/C18H14ClN3O5/c1-9-3-4-13(5-10(9)2)21-18(25)14(17(24)20-21)7-11-6-12(19)8-15(16(11)23)22(26)27/h3-8,23H,1-2H3,(H,20,24)/p-1/b14-7-. The van der Waals surface area contributed by atoms with Gasteiger partial charge in [0.1, 0.15) is 5.57 Å². The number of carbonyl (C=O) groups is 2. The highest BCUT2D eigenvalue weighted by Crippen LogP contribution is 2.33. The first-order valence-electron chi connectivity index (χ1n) is 7.78. The molecule has 1 aliphatic rings. The van der Waals surface area contributed by atoms with Gasteiger partial charge in [0.2, 0.25) is 0 Å². The van der Waals surface area contributed by atoms with Crippen LogP contribution >= 0.6 is 11.6 Å². The topological polar surface area (TPSA) is 116 Å². The second kappa shape index (κ2) is 6.73. The van der Waals surface area contributed by atoms with Gasteiger partial charge in [0.05, 0.1) is 10.6 Å². The van der Waals surface area contributed by atoms with Crippen LogP contribution in [0, 0.1) is 24.0 Å². The molecular weight excluding hydrogens is 374 g/mol. The SMILES string of the molecule is Cc1ccc(N2NC(=O)/C(=C/c3cc(Cl)cc([N+](=O)[O-])c3[O-])C2=O)cc1C. The number of nitrogens with one attached hydrogen (secondary N) is 1. The molecule has 0 unspecified atom stereocenters. The van der Waals surface area contributed by atoms with E-state index in [1.54, 1.807) is 12.1 Å². The van der Waals surface area contributed by atoms with Crippen molar-refractivity contribution in [2.45, 2.75) is 13.8 Å². The molecule has 2 aromatic rings. The van der Waals surface area contributed by atoms with E-state index in [0.29, 0.717) is 5.69 Å². The first kappa shape index (κ1) is 18.4. The Morgan fingerprint density at radius 2 is 1.85 bits per heavy atom. The Labute approximate surface area is 158 Å². The summed E-state index contributed by atoms with van der Waals surface area (Å²) in [7, 11) is 0. The Balaban J connectivity index is 2.03. The first-order chi connectivity index (χ1) is 12.7. The van der Waals surface area contributed by atoms with Crippen molar-refractivity contribution in [1.82, 2.24) is 5.43 Å². The van der Waals surface area contributed by atoms with Crippen LogP contribution in [0.4, 0.5) is 11.4 Å². The lowest BCUT2D eigenvalue weighted by Gasteiger charge is -2.16. The van der Waals surface area contributed by atoms with Gasteiger partial charge in [0.25, 0.3) is 17.5 Å². The predicted molar refractivity (Wildman–Crippen MR) is 97.1 cm³/mol. The quantitative estimate of drug-likeness (QED) is 0.376. The number of nitro benzene ring substituents is 1. The molecule has 0 aliphatic carbocycles. The van der Waals surface area contributed by atoms with Crippen molar-refractivity contribution < 1.29 is 19.6 Å². The van der Waals surface area contributed by atoms with Crippen molar-refractivity contribution in [3.8, 4) is 5.75 Å². The fourth-order valence-electron chi connectivity index (χ4n) is 2.60. The van der Waals surface area contributed by atoms with E-state index in [1.807, 2.05) is 19.9 Å². The molecule has 0 atom stereocenters. The van der Waals surface area contributed by atoms with Crippen LogP contribution < -0.4 is 15.5 Å². The number of rotatable bonds is 3. The van der Waals surface area contributed by atoms with Crippen molar-refractivity contribution in [2.75, 3.05) is 5.01 Å². The summed E-state index contributed by atoms with van der Waals surface area (Å²) in [6, 6.07) is 7.31. The van der Waals surface area contributed by atoms with Crippen molar-refractivity contribution in [2.24, 2.45) is 0 Å². The zero-order chi connectivity index (χ0) is 19.9. The summed E-state index contributed by atoms with van der Waals surface area (Å²) in [6.45, 7) is 3.78. The molecule has 0 aromatic heterocycles. The van der Waals surface area contributed by atoms with E-state index in [-0.39, 0.29) is 16.2 Å². The average molecular weight is 387 g/mol. The van der Waals surface area contributed by atoms with E-state index >= 15 is 0 Å². The van der Waals surface area contributed by atoms with Gasteiger partial charge in [0.15, 0.2) is 0 Å². The van der Waals surface area contributed by atoms with Gasteiger partial charge in [-0.15, -0.1) is 0 Å². The van der Waals surface area contributed by atoms with Crippen LogP contribution in [0.25, 0.3) is 6.08 Å². The molecule has 9 heteroatoms. The molecule has 27 heavy (non-hydrogen) atoms. The highest BCUT2D eigenvalue weighted by molar-refractivity contribution is 6.32. The van der Waals surface area contributed by atoms with Crippen LogP contribution in [-0.2, 0) is 9.59 Å². The molecular formula is C18H13ClN3O5-. The number of hydrogen-bond donors (Lipinski definition) is 1. The van der Waals surface area contributed by atoms with E-state index in [4.69, 9.17) is 11.6 Å². The van der Waals surface area contributed by atoms with Gasteiger partial charge in [-0.25, -0.2) is 5.01 Å². The molecule has 1 saturated heterocycles.